The quantitative estimate of drug-likeness (QED) is 0.415. The molecule has 1 saturated heterocycles. The first kappa shape index (κ1) is 17.8. The average Bonchev–Trinajstić information content (AvgIpc) is 3.20. The van der Waals surface area contributed by atoms with Crippen molar-refractivity contribution in [3.8, 4) is 11.5 Å². The number of imide groups is 1. The first-order valence-electron chi connectivity index (χ1n) is 8.21. The van der Waals surface area contributed by atoms with Gasteiger partial charge in [-0.1, -0.05) is 18.2 Å². The molecule has 2 aliphatic heterocycles. The maximum atomic E-state index is 13.0. The molecule has 8 heteroatoms. The van der Waals surface area contributed by atoms with Crippen molar-refractivity contribution < 1.29 is 23.9 Å². The van der Waals surface area contributed by atoms with Crippen molar-refractivity contribution in [3.63, 3.8) is 0 Å². The molecule has 1 N–H and O–H groups in total. The molecule has 0 saturated carbocycles. The number of halogens is 1. The lowest BCUT2D eigenvalue weighted by Crippen LogP contribution is -2.41. The summed E-state index contributed by atoms with van der Waals surface area (Å²) >= 11 is 2.14. The Balaban J connectivity index is 1.58. The van der Waals surface area contributed by atoms with Gasteiger partial charge in [0.05, 0.1) is 6.54 Å². The van der Waals surface area contributed by atoms with Gasteiger partial charge in [0.25, 0.3) is 5.91 Å². The van der Waals surface area contributed by atoms with E-state index in [9.17, 15) is 14.4 Å². The lowest BCUT2D eigenvalue weighted by molar-refractivity contribution is -0.130. The van der Waals surface area contributed by atoms with Crippen LogP contribution < -0.4 is 14.8 Å². The van der Waals surface area contributed by atoms with Gasteiger partial charge in [0.15, 0.2) is 17.3 Å². The minimum absolute atomic E-state index is 0.118. The van der Waals surface area contributed by atoms with Crippen molar-refractivity contribution in [1.29, 1.82) is 0 Å². The molecule has 0 bridgehead atoms. The fraction of sp³-hybridized carbons (Fsp3) is 0.211. The number of carbonyl (C=O) groups is 3. The molecule has 2 aromatic rings. The van der Waals surface area contributed by atoms with Gasteiger partial charge in [-0.05, 0) is 59.3 Å². The van der Waals surface area contributed by atoms with Crippen molar-refractivity contribution in [2.75, 3.05) is 13.3 Å². The lowest BCUT2D eigenvalue weighted by atomic mass is 9.91. The van der Waals surface area contributed by atoms with E-state index in [1.165, 1.54) is 0 Å². The second kappa shape index (κ2) is 6.52. The summed E-state index contributed by atoms with van der Waals surface area (Å²) in [7, 11) is 0. The molecule has 0 radical (unpaired) electrons. The Bertz CT molecular complexity index is 959. The maximum Gasteiger partial charge on any atom is 0.325 e. The fourth-order valence-corrected chi connectivity index (χ4v) is 3.47. The smallest absolute Gasteiger partial charge is 0.325 e. The van der Waals surface area contributed by atoms with Gasteiger partial charge in [-0.25, -0.2) is 4.79 Å². The lowest BCUT2D eigenvalue weighted by Gasteiger charge is -2.22. The largest absolute Gasteiger partial charge is 0.454 e. The van der Waals surface area contributed by atoms with E-state index in [0.717, 1.165) is 8.47 Å². The van der Waals surface area contributed by atoms with Gasteiger partial charge >= 0.3 is 6.03 Å². The van der Waals surface area contributed by atoms with E-state index < -0.39 is 17.5 Å². The summed E-state index contributed by atoms with van der Waals surface area (Å²) in [6.07, 6.45) is 0. The molecular formula is C19H15IN2O5. The molecule has 4 rings (SSSR count). The number of urea groups is 1. The first-order chi connectivity index (χ1) is 12.9. The number of ether oxygens (including phenoxy) is 2. The SMILES string of the molecule is CC1(c2ccc3c(c2)OCO3)NC(=O)N(CC(=O)c2ccc(I)cc2)C1=O. The molecule has 2 aliphatic rings. The Labute approximate surface area is 168 Å². The van der Waals surface area contributed by atoms with Crippen LogP contribution in [0.2, 0.25) is 0 Å². The summed E-state index contributed by atoms with van der Waals surface area (Å²) in [6.45, 7) is 1.41. The zero-order valence-electron chi connectivity index (χ0n) is 14.3. The van der Waals surface area contributed by atoms with Crippen LogP contribution in [0.15, 0.2) is 42.5 Å². The monoisotopic (exact) mass is 478 g/mol. The van der Waals surface area contributed by atoms with E-state index in [0.29, 0.717) is 22.6 Å². The number of rotatable bonds is 4. The molecule has 2 heterocycles. The number of carbonyl (C=O) groups excluding carboxylic acids is 3. The highest BCUT2D eigenvalue weighted by atomic mass is 127. The molecule has 7 nitrogen and oxygen atoms in total. The zero-order chi connectivity index (χ0) is 19.2. The van der Waals surface area contributed by atoms with Crippen LogP contribution in [-0.2, 0) is 10.3 Å². The van der Waals surface area contributed by atoms with Crippen molar-refractivity contribution in [2.24, 2.45) is 0 Å². The van der Waals surface area contributed by atoms with Gasteiger partial charge < -0.3 is 14.8 Å². The highest BCUT2D eigenvalue weighted by molar-refractivity contribution is 14.1. The molecule has 1 unspecified atom stereocenters. The normalized spacial score (nSPS) is 20.7. The number of nitrogens with one attached hydrogen (secondary N) is 1. The molecule has 0 spiro atoms. The number of Topliss-reactive ketones (excluding diaryl/α,β-unsaturated/α-hetero) is 1. The highest BCUT2D eigenvalue weighted by Gasteiger charge is 2.49. The Hall–Kier alpha value is -2.62. The summed E-state index contributed by atoms with van der Waals surface area (Å²) in [5.74, 6) is 0.323. The second-order valence-corrected chi connectivity index (χ2v) is 7.69. The highest BCUT2D eigenvalue weighted by Crippen LogP contribution is 2.37. The number of nitrogens with zero attached hydrogens (tertiary/aromatic N) is 1. The van der Waals surface area contributed by atoms with Crippen LogP contribution in [0, 0.1) is 3.57 Å². The van der Waals surface area contributed by atoms with Gasteiger partial charge in [-0.3, -0.25) is 14.5 Å². The summed E-state index contributed by atoms with van der Waals surface area (Å²) in [5, 5.41) is 2.69. The Morgan fingerprint density at radius 1 is 1.15 bits per heavy atom. The number of hydrogen-bond donors (Lipinski definition) is 1. The predicted octanol–water partition coefficient (Wildman–Crippen LogP) is 2.67. The van der Waals surface area contributed by atoms with Gasteiger partial charge in [-0.15, -0.1) is 0 Å². The van der Waals surface area contributed by atoms with Crippen molar-refractivity contribution in [3.05, 3.63) is 57.2 Å². The van der Waals surface area contributed by atoms with Gasteiger partial charge in [0, 0.05) is 9.13 Å². The van der Waals surface area contributed by atoms with Gasteiger partial charge in [0.1, 0.15) is 5.54 Å². The topological polar surface area (TPSA) is 84.9 Å². The first-order valence-corrected chi connectivity index (χ1v) is 9.29. The molecule has 2 aromatic carbocycles. The summed E-state index contributed by atoms with van der Waals surface area (Å²) in [5.41, 5.74) is -0.258. The van der Waals surface area contributed by atoms with E-state index in [1.54, 1.807) is 49.4 Å². The van der Waals surface area contributed by atoms with Crippen molar-refractivity contribution in [1.82, 2.24) is 10.2 Å². The molecule has 1 fully saturated rings. The second-order valence-electron chi connectivity index (χ2n) is 6.44. The number of amides is 3. The number of ketones is 1. The van der Waals surface area contributed by atoms with Gasteiger partial charge in [-0.2, -0.15) is 0 Å². The number of fused-ring (bicyclic) bond motifs is 1. The third kappa shape index (κ3) is 3.03. The predicted molar refractivity (Wildman–Crippen MR) is 104 cm³/mol. The van der Waals surface area contributed by atoms with E-state index in [4.69, 9.17) is 9.47 Å². The minimum Gasteiger partial charge on any atom is -0.454 e. The molecule has 3 amide bonds. The van der Waals surface area contributed by atoms with E-state index in [1.807, 2.05) is 0 Å². The molecule has 1 atom stereocenters. The number of hydrogen-bond acceptors (Lipinski definition) is 5. The summed E-state index contributed by atoms with van der Waals surface area (Å²) in [6, 6.07) is 11.4. The third-order valence-electron chi connectivity index (χ3n) is 4.69. The molecule has 27 heavy (non-hydrogen) atoms. The van der Waals surface area contributed by atoms with Crippen LogP contribution in [-0.4, -0.2) is 36.0 Å². The van der Waals surface area contributed by atoms with Crippen LogP contribution in [0.3, 0.4) is 0 Å². The van der Waals surface area contributed by atoms with Crippen molar-refractivity contribution in [2.45, 2.75) is 12.5 Å². The van der Waals surface area contributed by atoms with E-state index in [2.05, 4.69) is 27.9 Å². The zero-order valence-corrected chi connectivity index (χ0v) is 16.5. The minimum atomic E-state index is -1.27. The van der Waals surface area contributed by atoms with Crippen LogP contribution in [0.25, 0.3) is 0 Å². The fourth-order valence-electron chi connectivity index (χ4n) is 3.11. The molecule has 0 aliphatic carbocycles. The van der Waals surface area contributed by atoms with Crippen LogP contribution in [0.5, 0.6) is 11.5 Å². The Kier molecular flexibility index (Phi) is 4.29. The van der Waals surface area contributed by atoms with Crippen LogP contribution in [0.4, 0.5) is 4.79 Å². The van der Waals surface area contributed by atoms with Gasteiger partial charge in [0.2, 0.25) is 6.79 Å². The van der Waals surface area contributed by atoms with Crippen molar-refractivity contribution >= 4 is 40.3 Å². The summed E-state index contributed by atoms with van der Waals surface area (Å²) in [4.78, 5) is 38.8. The average molecular weight is 478 g/mol. The number of benzene rings is 2. The maximum absolute atomic E-state index is 13.0. The Morgan fingerprint density at radius 2 is 1.85 bits per heavy atom. The standard InChI is InChI=1S/C19H15IN2O5/c1-19(12-4-7-15-16(8-12)27-10-26-15)17(24)22(18(25)21-19)9-14(23)11-2-5-13(20)6-3-11/h2-8H,9-10H2,1H3,(H,21,25). The molecule has 138 valence electrons. The molecule has 0 aromatic heterocycles. The summed E-state index contributed by atoms with van der Waals surface area (Å²) < 4.78 is 11.6. The van der Waals surface area contributed by atoms with Crippen LogP contribution in [0.1, 0.15) is 22.8 Å². The van der Waals surface area contributed by atoms with Crippen LogP contribution >= 0.6 is 22.6 Å². The Morgan fingerprint density at radius 3 is 2.59 bits per heavy atom. The third-order valence-corrected chi connectivity index (χ3v) is 5.41. The van der Waals surface area contributed by atoms with E-state index >= 15 is 0 Å². The van der Waals surface area contributed by atoms with E-state index in [-0.39, 0.29) is 19.1 Å². The molecular weight excluding hydrogens is 463 g/mol.